The molecule has 1 atom stereocenters. The summed E-state index contributed by atoms with van der Waals surface area (Å²) in [4.78, 5) is 12.1. The molecule has 4 heteroatoms. The molecule has 0 amide bonds. The fourth-order valence-electron chi connectivity index (χ4n) is 2.54. The Balaban J connectivity index is 2.54. The quantitative estimate of drug-likeness (QED) is 0.911. The molecule has 1 aromatic carbocycles. The van der Waals surface area contributed by atoms with E-state index < -0.39 is 5.97 Å². The van der Waals surface area contributed by atoms with Gasteiger partial charge in [-0.1, -0.05) is 0 Å². The maximum absolute atomic E-state index is 11.0. The van der Waals surface area contributed by atoms with Crippen molar-refractivity contribution in [3.05, 3.63) is 22.8 Å². The van der Waals surface area contributed by atoms with E-state index in [1.54, 1.807) is 18.9 Å². The number of benzene rings is 1. The zero-order valence-electron chi connectivity index (χ0n) is 10.9. The van der Waals surface area contributed by atoms with E-state index in [2.05, 4.69) is 13.8 Å². The number of rotatable bonds is 3. The number of carboxylic acid groups (broad SMARTS) is 1. The van der Waals surface area contributed by atoms with Gasteiger partial charge in [-0.3, -0.25) is 4.79 Å². The lowest BCUT2D eigenvalue weighted by molar-refractivity contribution is -0.137. The van der Waals surface area contributed by atoms with Gasteiger partial charge in [0.2, 0.25) is 0 Å². The molecule has 18 heavy (non-hydrogen) atoms. The van der Waals surface area contributed by atoms with E-state index in [0.29, 0.717) is 0 Å². The van der Waals surface area contributed by atoms with Gasteiger partial charge in [-0.15, -0.1) is 11.8 Å². The van der Waals surface area contributed by atoms with Gasteiger partial charge in [-0.25, -0.2) is 0 Å². The van der Waals surface area contributed by atoms with Crippen molar-refractivity contribution >= 4 is 17.7 Å². The fraction of sp³-hybridized carbons (Fsp3) is 0.500. The fourth-order valence-corrected chi connectivity index (χ4v) is 3.91. The van der Waals surface area contributed by atoms with Crippen LogP contribution in [0.1, 0.15) is 35.4 Å². The van der Waals surface area contributed by atoms with Gasteiger partial charge in [0.05, 0.1) is 18.4 Å². The third-order valence-electron chi connectivity index (χ3n) is 3.57. The zero-order chi connectivity index (χ0) is 13.3. The minimum absolute atomic E-state index is 0.118. The van der Waals surface area contributed by atoms with E-state index in [9.17, 15) is 4.79 Å². The predicted octanol–water partition coefficient (Wildman–Crippen LogP) is 3.37. The second kappa shape index (κ2) is 5.22. The van der Waals surface area contributed by atoms with Crippen LogP contribution >= 0.6 is 11.8 Å². The molecule has 0 saturated heterocycles. The second-order valence-electron chi connectivity index (χ2n) is 4.70. The predicted molar refractivity (Wildman–Crippen MR) is 72.8 cm³/mol. The molecule has 1 aliphatic rings. The molecule has 0 aromatic heterocycles. The Morgan fingerprint density at radius 1 is 1.56 bits per heavy atom. The molecular formula is C14H18O3S. The van der Waals surface area contributed by atoms with E-state index in [-0.39, 0.29) is 12.3 Å². The number of aryl methyl sites for hydroxylation is 1. The van der Waals surface area contributed by atoms with Gasteiger partial charge in [-0.2, -0.15) is 0 Å². The summed E-state index contributed by atoms with van der Waals surface area (Å²) in [5.74, 6) is 1.24. The molecule has 0 bridgehead atoms. The van der Waals surface area contributed by atoms with Crippen LogP contribution in [0.15, 0.2) is 11.0 Å². The average Bonchev–Trinajstić information content (AvgIpc) is 2.33. The molecule has 98 valence electrons. The summed E-state index contributed by atoms with van der Waals surface area (Å²) >= 11 is 1.78. The van der Waals surface area contributed by atoms with Crippen molar-refractivity contribution in [2.75, 3.05) is 12.9 Å². The molecule has 1 unspecified atom stereocenters. The summed E-state index contributed by atoms with van der Waals surface area (Å²) in [6, 6.07) is 2.05. The van der Waals surface area contributed by atoms with Gasteiger partial charge < -0.3 is 9.84 Å². The van der Waals surface area contributed by atoms with Crippen molar-refractivity contribution in [3.63, 3.8) is 0 Å². The van der Waals surface area contributed by atoms with Crippen molar-refractivity contribution in [3.8, 4) is 5.75 Å². The van der Waals surface area contributed by atoms with Crippen LogP contribution in [0, 0.1) is 13.8 Å². The number of hydrogen-bond acceptors (Lipinski definition) is 3. The van der Waals surface area contributed by atoms with Crippen LogP contribution in [0.4, 0.5) is 0 Å². The smallest absolute Gasteiger partial charge is 0.303 e. The first-order chi connectivity index (χ1) is 8.54. The van der Waals surface area contributed by atoms with E-state index in [0.717, 1.165) is 22.8 Å². The van der Waals surface area contributed by atoms with Crippen LogP contribution < -0.4 is 4.74 Å². The molecule has 3 nitrogen and oxygen atoms in total. The van der Waals surface area contributed by atoms with Gasteiger partial charge in [0, 0.05) is 0 Å². The van der Waals surface area contributed by atoms with Gasteiger partial charge in [0.15, 0.2) is 0 Å². The van der Waals surface area contributed by atoms with Crippen molar-refractivity contribution < 1.29 is 14.6 Å². The maximum atomic E-state index is 11.0. The number of thioether (sulfide) groups is 1. The SMILES string of the molecule is COc1cc(C)c(C)c2c1SCCC2CC(=O)O. The molecule has 1 N–H and O–H groups in total. The first-order valence-corrected chi connectivity index (χ1v) is 7.05. The zero-order valence-corrected chi connectivity index (χ0v) is 11.8. The van der Waals surface area contributed by atoms with Crippen LogP contribution in [-0.4, -0.2) is 23.9 Å². The lowest BCUT2D eigenvalue weighted by Gasteiger charge is -2.28. The lowest BCUT2D eigenvalue weighted by Crippen LogP contribution is -2.15. The monoisotopic (exact) mass is 266 g/mol. The molecule has 1 heterocycles. The molecule has 0 fully saturated rings. The third kappa shape index (κ3) is 2.34. The summed E-state index contributed by atoms with van der Waals surface area (Å²) in [5.41, 5.74) is 3.57. The minimum atomic E-state index is -0.724. The molecule has 1 aliphatic heterocycles. The Morgan fingerprint density at radius 3 is 2.89 bits per heavy atom. The highest BCUT2D eigenvalue weighted by Crippen LogP contribution is 2.46. The number of carboxylic acids is 1. The molecule has 0 saturated carbocycles. The van der Waals surface area contributed by atoms with Crippen LogP contribution in [0.3, 0.4) is 0 Å². The van der Waals surface area contributed by atoms with Crippen LogP contribution in [0.2, 0.25) is 0 Å². The Morgan fingerprint density at radius 2 is 2.28 bits per heavy atom. The van der Waals surface area contributed by atoms with E-state index in [4.69, 9.17) is 9.84 Å². The Labute approximate surface area is 112 Å². The summed E-state index contributed by atoms with van der Waals surface area (Å²) < 4.78 is 5.43. The Hall–Kier alpha value is -1.16. The van der Waals surface area contributed by atoms with Crippen LogP contribution in [0.25, 0.3) is 0 Å². The van der Waals surface area contributed by atoms with Gasteiger partial charge >= 0.3 is 5.97 Å². The first kappa shape index (κ1) is 13.3. The molecule has 1 aromatic rings. The Bertz CT molecular complexity index is 482. The summed E-state index contributed by atoms with van der Waals surface area (Å²) in [7, 11) is 1.67. The summed E-state index contributed by atoms with van der Waals surface area (Å²) in [5, 5.41) is 9.04. The van der Waals surface area contributed by atoms with Crippen molar-refractivity contribution in [2.45, 2.75) is 37.5 Å². The maximum Gasteiger partial charge on any atom is 0.303 e. The number of hydrogen-bond donors (Lipinski definition) is 1. The topological polar surface area (TPSA) is 46.5 Å². The molecule has 0 radical (unpaired) electrons. The average molecular weight is 266 g/mol. The van der Waals surface area contributed by atoms with Gasteiger partial charge in [0.25, 0.3) is 0 Å². The van der Waals surface area contributed by atoms with Crippen molar-refractivity contribution in [1.82, 2.24) is 0 Å². The van der Waals surface area contributed by atoms with E-state index in [1.165, 1.54) is 16.7 Å². The normalized spacial score (nSPS) is 18.3. The van der Waals surface area contributed by atoms with E-state index in [1.807, 2.05) is 6.07 Å². The van der Waals surface area contributed by atoms with E-state index >= 15 is 0 Å². The van der Waals surface area contributed by atoms with Crippen LogP contribution in [0.5, 0.6) is 5.75 Å². The highest BCUT2D eigenvalue weighted by Gasteiger charge is 2.28. The number of fused-ring (bicyclic) bond motifs is 1. The first-order valence-electron chi connectivity index (χ1n) is 6.07. The summed E-state index contributed by atoms with van der Waals surface area (Å²) in [6.07, 6.45) is 1.14. The largest absolute Gasteiger partial charge is 0.496 e. The highest BCUT2D eigenvalue weighted by atomic mass is 32.2. The second-order valence-corrected chi connectivity index (χ2v) is 5.80. The third-order valence-corrected chi connectivity index (χ3v) is 4.72. The number of aliphatic carboxylic acids is 1. The van der Waals surface area contributed by atoms with Crippen molar-refractivity contribution in [1.29, 1.82) is 0 Å². The van der Waals surface area contributed by atoms with Gasteiger partial charge in [-0.05, 0) is 54.7 Å². The molecule has 0 aliphatic carbocycles. The lowest BCUT2D eigenvalue weighted by atomic mass is 9.87. The standard InChI is InChI=1S/C14H18O3S/c1-8-6-11(17-3)14-13(9(8)2)10(4-5-18-14)7-12(15)16/h6,10H,4-5,7H2,1-3H3,(H,15,16). The number of ether oxygens (including phenoxy) is 1. The Kier molecular flexibility index (Phi) is 3.85. The minimum Gasteiger partial charge on any atom is -0.496 e. The summed E-state index contributed by atoms with van der Waals surface area (Å²) in [6.45, 7) is 4.13. The highest BCUT2D eigenvalue weighted by molar-refractivity contribution is 7.99. The molecule has 0 spiro atoms. The van der Waals surface area contributed by atoms with Gasteiger partial charge in [0.1, 0.15) is 5.75 Å². The van der Waals surface area contributed by atoms with Crippen LogP contribution in [-0.2, 0) is 4.79 Å². The number of carbonyl (C=O) groups is 1. The number of methoxy groups -OCH3 is 1. The van der Waals surface area contributed by atoms with Crippen molar-refractivity contribution in [2.24, 2.45) is 0 Å². The molecular weight excluding hydrogens is 248 g/mol. The molecule has 2 rings (SSSR count).